The molecule has 1 aromatic heterocycles. The van der Waals surface area contributed by atoms with Gasteiger partial charge in [-0.3, -0.25) is 19.3 Å². The Hall–Kier alpha value is -3.72. The second kappa shape index (κ2) is 7.64. The number of aromatic nitrogens is 1. The first-order valence-electron chi connectivity index (χ1n) is 11.5. The fourth-order valence-electron chi connectivity index (χ4n) is 5.72. The van der Waals surface area contributed by atoms with Gasteiger partial charge < -0.3 is 19.5 Å². The molecule has 1 unspecified atom stereocenters. The minimum atomic E-state index is -1.63. The molecule has 0 saturated carbocycles. The summed E-state index contributed by atoms with van der Waals surface area (Å²) in [6, 6.07) is 3.10. The van der Waals surface area contributed by atoms with Crippen LogP contribution < -0.4 is 4.74 Å². The summed E-state index contributed by atoms with van der Waals surface area (Å²) in [4.78, 5) is 62.5. The lowest BCUT2D eigenvalue weighted by Gasteiger charge is -2.42. The van der Waals surface area contributed by atoms with E-state index >= 15 is 0 Å². The van der Waals surface area contributed by atoms with E-state index in [9.17, 15) is 19.2 Å². The van der Waals surface area contributed by atoms with Crippen LogP contribution >= 0.6 is 0 Å². The minimum absolute atomic E-state index is 0.0449. The average Bonchev–Trinajstić information content (AvgIpc) is 3.33. The maximum Gasteiger partial charge on any atom is 0.327 e. The van der Waals surface area contributed by atoms with Gasteiger partial charge in [-0.2, -0.15) is 0 Å². The number of allylic oxidation sites excluding steroid dienone is 1. The molecule has 35 heavy (non-hydrogen) atoms. The van der Waals surface area contributed by atoms with Gasteiger partial charge in [0.15, 0.2) is 11.3 Å². The number of fused-ring (bicyclic) bond motifs is 4. The number of hydrogen-bond acceptors (Lipinski definition) is 6. The fraction of sp³-hybridized carbons (Fsp3) is 0.385. The van der Waals surface area contributed by atoms with Crippen LogP contribution in [0.25, 0.3) is 5.57 Å². The molecular formula is C26H28N4O5. The van der Waals surface area contributed by atoms with Crippen molar-refractivity contribution in [2.75, 3.05) is 41.8 Å². The van der Waals surface area contributed by atoms with Crippen LogP contribution in [0.1, 0.15) is 43.1 Å². The number of nitrogens with zero attached hydrogens (tertiary/aromatic N) is 3. The molecule has 1 aliphatic heterocycles. The third kappa shape index (κ3) is 2.84. The van der Waals surface area contributed by atoms with E-state index in [1.165, 1.54) is 26.1 Å². The first-order valence-corrected chi connectivity index (χ1v) is 11.5. The van der Waals surface area contributed by atoms with Crippen LogP contribution in [0.2, 0.25) is 0 Å². The topological polar surface area (TPSA) is 103 Å². The minimum Gasteiger partial charge on any atom is -0.496 e. The molecule has 3 amide bonds. The Morgan fingerprint density at radius 2 is 1.80 bits per heavy atom. The summed E-state index contributed by atoms with van der Waals surface area (Å²) >= 11 is 0. The Bertz CT molecular complexity index is 1370. The van der Waals surface area contributed by atoms with Crippen molar-refractivity contribution in [2.24, 2.45) is 0 Å². The summed E-state index contributed by atoms with van der Waals surface area (Å²) in [7, 11) is 8.30. The molecular weight excluding hydrogens is 448 g/mol. The summed E-state index contributed by atoms with van der Waals surface area (Å²) in [6.07, 6.45) is 2.30. The van der Waals surface area contributed by atoms with Gasteiger partial charge in [-0.15, -0.1) is 0 Å². The number of aromatic amines is 1. The van der Waals surface area contributed by atoms with Crippen molar-refractivity contribution in [3.63, 3.8) is 0 Å². The second-order valence-electron chi connectivity index (χ2n) is 9.71. The predicted molar refractivity (Wildman–Crippen MR) is 129 cm³/mol. The molecule has 0 bridgehead atoms. The Labute approximate surface area is 203 Å². The lowest BCUT2D eigenvalue weighted by atomic mass is 9.65. The number of rotatable bonds is 4. The third-order valence-electron chi connectivity index (χ3n) is 7.55. The predicted octanol–water partition coefficient (Wildman–Crippen LogP) is 2.09. The van der Waals surface area contributed by atoms with Gasteiger partial charge in [-0.05, 0) is 50.2 Å². The Morgan fingerprint density at radius 1 is 1.09 bits per heavy atom. The van der Waals surface area contributed by atoms with Gasteiger partial charge in [-0.25, -0.2) is 4.79 Å². The van der Waals surface area contributed by atoms with Crippen molar-refractivity contribution in [1.29, 1.82) is 0 Å². The van der Waals surface area contributed by atoms with Crippen LogP contribution in [-0.4, -0.2) is 90.6 Å². The number of nitrogens with one attached hydrogen (secondary N) is 1. The molecule has 9 heteroatoms. The highest BCUT2D eigenvalue weighted by atomic mass is 16.5. The number of Topliss-reactive ketones (excluding diaryl/α,β-unsaturated/α-hetero) is 2. The van der Waals surface area contributed by atoms with E-state index in [2.05, 4.69) is 4.98 Å². The number of likely N-dealkylation sites (N-methyl/N-ethyl adjacent to an activating group) is 3. The number of imide groups is 1. The van der Waals surface area contributed by atoms with Crippen LogP contribution in [0.15, 0.2) is 23.9 Å². The summed E-state index contributed by atoms with van der Waals surface area (Å²) in [6.45, 7) is 2.55. The van der Waals surface area contributed by atoms with Crippen molar-refractivity contribution in [3.8, 4) is 5.75 Å². The number of carbonyl (C=O) groups excluding carboxylic acids is 4. The molecule has 1 fully saturated rings. The summed E-state index contributed by atoms with van der Waals surface area (Å²) in [5.41, 5.74) is 1.88. The largest absolute Gasteiger partial charge is 0.496 e. The van der Waals surface area contributed by atoms with Crippen LogP contribution in [0, 0.1) is 6.92 Å². The third-order valence-corrected chi connectivity index (χ3v) is 7.55. The molecule has 1 saturated heterocycles. The number of hydrogen-bond donors (Lipinski definition) is 1. The first kappa shape index (κ1) is 23.0. The number of H-pyrrole nitrogens is 1. The summed E-state index contributed by atoms with van der Waals surface area (Å²) in [5.74, 6) is -0.767. The lowest BCUT2D eigenvalue weighted by molar-refractivity contribution is -0.130. The van der Waals surface area contributed by atoms with Crippen LogP contribution in [0.3, 0.4) is 0 Å². The highest BCUT2D eigenvalue weighted by Crippen LogP contribution is 2.51. The van der Waals surface area contributed by atoms with E-state index in [0.717, 1.165) is 16.0 Å². The van der Waals surface area contributed by atoms with Crippen molar-refractivity contribution >= 4 is 29.1 Å². The van der Waals surface area contributed by atoms with E-state index < -0.39 is 17.5 Å². The van der Waals surface area contributed by atoms with E-state index in [0.29, 0.717) is 35.4 Å². The van der Waals surface area contributed by atoms with Crippen LogP contribution in [0.5, 0.6) is 5.75 Å². The molecule has 0 radical (unpaired) electrons. The quantitative estimate of drug-likeness (QED) is 0.678. The fourth-order valence-corrected chi connectivity index (χ4v) is 5.72. The van der Waals surface area contributed by atoms with E-state index in [1.807, 2.05) is 32.0 Å². The molecule has 2 aromatic rings. The van der Waals surface area contributed by atoms with Crippen molar-refractivity contribution in [3.05, 3.63) is 57.4 Å². The van der Waals surface area contributed by atoms with Gasteiger partial charge in [0, 0.05) is 50.0 Å². The van der Waals surface area contributed by atoms with Gasteiger partial charge >= 0.3 is 6.03 Å². The van der Waals surface area contributed by atoms with Gasteiger partial charge in [0.2, 0.25) is 5.78 Å². The van der Waals surface area contributed by atoms with Gasteiger partial charge in [0.1, 0.15) is 5.75 Å². The highest BCUT2D eigenvalue weighted by Gasteiger charge is 2.63. The molecule has 2 heterocycles. The maximum atomic E-state index is 14.3. The molecule has 2 aliphatic carbocycles. The smallest absolute Gasteiger partial charge is 0.327 e. The number of benzene rings is 1. The van der Waals surface area contributed by atoms with Crippen molar-refractivity contribution in [2.45, 2.75) is 25.3 Å². The molecule has 9 nitrogen and oxygen atoms in total. The molecule has 1 atom stereocenters. The Balaban J connectivity index is 1.84. The molecule has 5 rings (SSSR count). The number of methoxy groups -OCH3 is 1. The van der Waals surface area contributed by atoms with Gasteiger partial charge in [0.05, 0.1) is 18.4 Å². The number of ketones is 2. The van der Waals surface area contributed by atoms with Crippen LogP contribution in [0.4, 0.5) is 4.79 Å². The zero-order valence-corrected chi connectivity index (χ0v) is 20.7. The van der Waals surface area contributed by atoms with E-state index in [1.54, 1.807) is 12.3 Å². The second-order valence-corrected chi connectivity index (χ2v) is 9.71. The average molecular weight is 477 g/mol. The SMILES string of the molecule is COc1ccc(C)c2c1CC1(C(=O)N(C)C(=O)N1C)C1=C2C(=O)c2[nH]cc(CCN(C)C)c2C1=O. The Morgan fingerprint density at radius 3 is 2.40 bits per heavy atom. The molecule has 1 spiro atoms. The normalized spacial score (nSPS) is 21.3. The van der Waals surface area contributed by atoms with E-state index in [-0.39, 0.29) is 34.8 Å². The number of ether oxygens (including phenoxy) is 1. The number of urea groups is 1. The summed E-state index contributed by atoms with van der Waals surface area (Å²) < 4.78 is 5.60. The van der Waals surface area contributed by atoms with Gasteiger partial charge in [0.25, 0.3) is 5.91 Å². The standard InChI is InChI=1S/C26H28N4O5/c1-13-7-8-16(35-6)15-11-26(24(33)29(4)25(34)30(26)5)20-19(17(13)15)23(32)21-18(22(20)31)14(12-27-21)9-10-28(2)3/h7-8,12,27H,9-11H2,1-6H3. The molecule has 1 aromatic carbocycles. The lowest BCUT2D eigenvalue weighted by Crippen LogP contribution is -2.56. The maximum absolute atomic E-state index is 14.3. The van der Waals surface area contributed by atoms with Crippen molar-refractivity contribution < 1.29 is 23.9 Å². The monoisotopic (exact) mass is 476 g/mol. The zero-order chi connectivity index (χ0) is 25.4. The zero-order valence-electron chi connectivity index (χ0n) is 20.7. The van der Waals surface area contributed by atoms with Crippen molar-refractivity contribution in [1.82, 2.24) is 19.7 Å². The van der Waals surface area contributed by atoms with E-state index in [4.69, 9.17) is 4.74 Å². The molecule has 3 aliphatic rings. The number of amides is 3. The Kier molecular flexibility index (Phi) is 5.03. The number of carbonyl (C=O) groups is 4. The number of aryl methyl sites for hydroxylation is 1. The van der Waals surface area contributed by atoms with Crippen LogP contribution in [-0.2, 0) is 17.6 Å². The summed E-state index contributed by atoms with van der Waals surface area (Å²) in [5, 5.41) is 0. The van der Waals surface area contributed by atoms with Gasteiger partial charge in [-0.1, -0.05) is 6.07 Å². The molecule has 182 valence electrons. The first-order chi connectivity index (χ1) is 16.6. The highest BCUT2D eigenvalue weighted by molar-refractivity contribution is 6.43. The molecule has 1 N–H and O–H groups in total.